The maximum atomic E-state index is 9.90. The molecule has 4 rings (SSSR count). The van der Waals surface area contributed by atoms with Crippen molar-refractivity contribution in [3.05, 3.63) is 76.3 Å². The average molecular weight is 435 g/mol. The monoisotopic (exact) mass is 434 g/mol. The van der Waals surface area contributed by atoms with Crippen LogP contribution in [0.4, 0.5) is 0 Å². The van der Waals surface area contributed by atoms with E-state index >= 15 is 0 Å². The van der Waals surface area contributed by atoms with E-state index in [1.54, 1.807) is 26.0 Å². The number of benzene rings is 2. The van der Waals surface area contributed by atoms with Crippen LogP contribution in [-0.2, 0) is 5.75 Å². The smallest absolute Gasteiger partial charge is 0.244 e. The van der Waals surface area contributed by atoms with Crippen LogP contribution >= 0.6 is 11.8 Å². The molecule has 0 fully saturated rings. The van der Waals surface area contributed by atoms with Gasteiger partial charge in [-0.3, -0.25) is 5.10 Å². The van der Waals surface area contributed by atoms with Gasteiger partial charge in [-0.1, -0.05) is 17.7 Å². The summed E-state index contributed by atoms with van der Waals surface area (Å²) in [5.74, 6) is 1.80. The van der Waals surface area contributed by atoms with Crippen LogP contribution in [0, 0.1) is 18.3 Å². The first-order chi connectivity index (χ1) is 15.0. The second-order valence-corrected chi connectivity index (χ2v) is 8.10. The molecular weight excluding hydrogens is 412 g/mol. The van der Waals surface area contributed by atoms with E-state index in [1.807, 2.05) is 18.2 Å². The number of aryl methyl sites for hydroxylation is 1. The van der Waals surface area contributed by atoms with Crippen molar-refractivity contribution in [1.82, 2.24) is 10.2 Å². The Hall–Kier alpha value is -3.57. The molecule has 0 amide bonds. The minimum absolute atomic E-state index is 0.0362. The number of H-pyrrole nitrogens is 1. The number of nitrogens with zero attached hydrogens (tertiary/aromatic N) is 2. The minimum Gasteiger partial charge on any atom is -0.497 e. The number of hydrogen-bond donors (Lipinski definition) is 2. The molecule has 0 aliphatic carbocycles. The fourth-order valence-electron chi connectivity index (χ4n) is 3.58. The van der Waals surface area contributed by atoms with Gasteiger partial charge in [0.15, 0.2) is 0 Å². The number of ether oxygens (including phenoxy) is 3. The van der Waals surface area contributed by atoms with E-state index in [2.05, 4.69) is 47.5 Å². The third-order valence-electron chi connectivity index (χ3n) is 5.17. The van der Waals surface area contributed by atoms with Gasteiger partial charge in [0.1, 0.15) is 23.1 Å². The Morgan fingerprint density at radius 3 is 2.65 bits per heavy atom. The molecule has 1 atom stereocenters. The van der Waals surface area contributed by atoms with Crippen molar-refractivity contribution < 1.29 is 14.2 Å². The summed E-state index contributed by atoms with van der Waals surface area (Å²) in [5.41, 5.74) is 9.99. The van der Waals surface area contributed by atoms with Crippen molar-refractivity contribution >= 4 is 11.8 Å². The first kappa shape index (κ1) is 20.7. The van der Waals surface area contributed by atoms with Crippen LogP contribution in [0.5, 0.6) is 17.4 Å². The molecule has 3 aromatic rings. The van der Waals surface area contributed by atoms with Crippen molar-refractivity contribution in [2.75, 3.05) is 14.2 Å². The molecule has 3 N–H and O–H groups in total. The molecule has 1 unspecified atom stereocenters. The minimum atomic E-state index is -0.494. The Balaban J connectivity index is 1.79. The van der Waals surface area contributed by atoms with Crippen LogP contribution in [0.3, 0.4) is 0 Å². The van der Waals surface area contributed by atoms with Gasteiger partial charge in [0.2, 0.25) is 11.8 Å². The summed E-state index contributed by atoms with van der Waals surface area (Å²) in [7, 11) is 3.19. The summed E-state index contributed by atoms with van der Waals surface area (Å²) < 4.78 is 16.7. The normalized spacial score (nSPS) is 15.1. The zero-order chi connectivity index (χ0) is 22.0. The molecule has 0 radical (unpaired) electrons. The number of allylic oxidation sites excluding steroid dienone is 1. The van der Waals surface area contributed by atoms with Gasteiger partial charge in [-0.25, -0.2) is 0 Å². The lowest BCUT2D eigenvalue weighted by Gasteiger charge is -2.25. The summed E-state index contributed by atoms with van der Waals surface area (Å²) in [4.78, 5) is 1.14. The number of thioether (sulfide) groups is 1. The van der Waals surface area contributed by atoms with Crippen LogP contribution in [0.15, 0.2) is 58.8 Å². The fraction of sp³-hybridized carbons (Fsp3) is 0.217. The number of methoxy groups -OCH3 is 2. The molecule has 158 valence electrons. The highest BCUT2D eigenvalue weighted by atomic mass is 32.2. The van der Waals surface area contributed by atoms with E-state index in [0.717, 1.165) is 21.7 Å². The molecule has 1 aliphatic rings. The number of rotatable bonds is 6. The first-order valence-corrected chi connectivity index (χ1v) is 10.6. The SMILES string of the molecule is COc1ccc(OC)c(C2C(C#N)=C(N)Oc3n[nH]c(CSc4ccc(C)cc4)c32)c1. The molecule has 1 aliphatic heterocycles. The second kappa shape index (κ2) is 8.66. The van der Waals surface area contributed by atoms with Crippen LogP contribution < -0.4 is 19.9 Å². The molecule has 0 saturated heterocycles. The molecule has 0 bridgehead atoms. The Labute approximate surface area is 184 Å². The van der Waals surface area contributed by atoms with Gasteiger partial charge in [0, 0.05) is 16.2 Å². The molecule has 0 spiro atoms. The lowest BCUT2D eigenvalue weighted by atomic mass is 9.83. The maximum absolute atomic E-state index is 9.90. The van der Waals surface area contributed by atoms with E-state index < -0.39 is 5.92 Å². The summed E-state index contributed by atoms with van der Waals surface area (Å²) in [6, 6.07) is 16.0. The molecule has 31 heavy (non-hydrogen) atoms. The fourth-order valence-corrected chi connectivity index (χ4v) is 4.44. The number of aromatic nitrogens is 2. The number of nitrogens with one attached hydrogen (secondary N) is 1. The van der Waals surface area contributed by atoms with Gasteiger partial charge in [0.05, 0.1) is 31.4 Å². The van der Waals surface area contributed by atoms with E-state index in [0.29, 0.717) is 28.7 Å². The molecule has 0 saturated carbocycles. The lowest BCUT2D eigenvalue weighted by Crippen LogP contribution is -2.21. The highest BCUT2D eigenvalue weighted by Crippen LogP contribution is 2.47. The Morgan fingerprint density at radius 1 is 1.19 bits per heavy atom. The van der Waals surface area contributed by atoms with Gasteiger partial charge >= 0.3 is 0 Å². The number of fused-ring (bicyclic) bond motifs is 1. The van der Waals surface area contributed by atoms with Gasteiger partial charge < -0.3 is 19.9 Å². The Morgan fingerprint density at radius 2 is 1.97 bits per heavy atom. The zero-order valence-corrected chi connectivity index (χ0v) is 18.2. The Kier molecular flexibility index (Phi) is 5.78. The standard InChI is InChI=1S/C23H22N4O3S/c1-13-4-7-15(8-5-13)31-12-18-21-20(16-10-14(28-2)6-9-19(16)29-3)17(11-24)22(25)30-23(21)27-26-18/h4-10,20H,12,25H2,1-3H3,(H,26,27). The van der Waals surface area contributed by atoms with Gasteiger partial charge in [-0.15, -0.1) is 16.9 Å². The molecular formula is C23H22N4O3S. The van der Waals surface area contributed by atoms with Crippen LogP contribution in [-0.4, -0.2) is 24.4 Å². The third-order valence-corrected chi connectivity index (χ3v) is 6.21. The summed E-state index contributed by atoms with van der Waals surface area (Å²) in [5, 5.41) is 17.3. The van der Waals surface area contributed by atoms with E-state index in [9.17, 15) is 5.26 Å². The summed E-state index contributed by atoms with van der Waals surface area (Å²) in [6.07, 6.45) is 0. The highest BCUT2D eigenvalue weighted by molar-refractivity contribution is 7.98. The van der Waals surface area contributed by atoms with E-state index in [4.69, 9.17) is 19.9 Å². The molecule has 1 aromatic heterocycles. The average Bonchev–Trinajstić information content (AvgIpc) is 3.19. The van der Waals surface area contributed by atoms with Gasteiger partial charge in [0.25, 0.3) is 0 Å². The van der Waals surface area contributed by atoms with Crippen molar-refractivity contribution in [1.29, 1.82) is 5.26 Å². The predicted molar refractivity (Wildman–Crippen MR) is 118 cm³/mol. The van der Waals surface area contributed by atoms with Crippen LogP contribution in [0.2, 0.25) is 0 Å². The van der Waals surface area contributed by atoms with Crippen molar-refractivity contribution in [3.8, 4) is 23.4 Å². The van der Waals surface area contributed by atoms with Crippen LogP contribution in [0.1, 0.15) is 28.3 Å². The topological polar surface area (TPSA) is 106 Å². The number of hydrogen-bond acceptors (Lipinski definition) is 7. The van der Waals surface area contributed by atoms with Crippen molar-refractivity contribution in [3.63, 3.8) is 0 Å². The van der Waals surface area contributed by atoms with Crippen molar-refractivity contribution in [2.24, 2.45) is 5.73 Å². The number of aromatic amines is 1. The van der Waals surface area contributed by atoms with Crippen molar-refractivity contribution in [2.45, 2.75) is 23.5 Å². The first-order valence-electron chi connectivity index (χ1n) is 9.61. The second-order valence-electron chi connectivity index (χ2n) is 7.06. The molecule has 7 nitrogen and oxygen atoms in total. The third kappa shape index (κ3) is 3.92. The van der Waals surface area contributed by atoms with Gasteiger partial charge in [-0.05, 0) is 37.3 Å². The van der Waals surface area contributed by atoms with E-state index in [1.165, 1.54) is 5.56 Å². The maximum Gasteiger partial charge on any atom is 0.244 e. The summed E-state index contributed by atoms with van der Waals surface area (Å²) >= 11 is 1.67. The van der Waals surface area contributed by atoms with E-state index in [-0.39, 0.29) is 5.88 Å². The number of nitriles is 1. The van der Waals surface area contributed by atoms with Crippen LogP contribution in [0.25, 0.3) is 0 Å². The van der Waals surface area contributed by atoms with Gasteiger partial charge in [-0.2, -0.15) is 5.26 Å². The lowest BCUT2D eigenvalue weighted by molar-refractivity contribution is 0.373. The quantitative estimate of drug-likeness (QED) is 0.559. The summed E-state index contributed by atoms with van der Waals surface area (Å²) in [6.45, 7) is 2.06. The largest absolute Gasteiger partial charge is 0.497 e. The Bertz CT molecular complexity index is 1180. The zero-order valence-electron chi connectivity index (χ0n) is 17.4. The molecule has 8 heteroatoms. The predicted octanol–water partition coefficient (Wildman–Crippen LogP) is 4.25. The highest BCUT2D eigenvalue weighted by Gasteiger charge is 2.37. The molecule has 2 heterocycles. The molecule has 2 aromatic carbocycles. The number of nitrogens with two attached hydrogens (primary N) is 1.